The lowest BCUT2D eigenvalue weighted by atomic mass is 10.1. The molecular weight excluding hydrogens is 420 g/mol. The summed E-state index contributed by atoms with van der Waals surface area (Å²) in [5, 5.41) is 5.67. The van der Waals surface area contributed by atoms with Crippen molar-refractivity contribution in [2.24, 2.45) is 0 Å². The molecule has 2 aliphatic heterocycles. The van der Waals surface area contributed by atoms with E-state index in [9.17, 15) is 9.59 Å². The SMILES string of the molecule is COc1cc(NC(=O)Nc2ccc(N3CCCC3)c(C(=O)N3CCCCC3)c2)cc(OC)c1. The third kappa shape index (κ3) is 5.50. The molecule has 2 N–H and O–H groups in total. The number of ether oxygens (including phenoxy) is 2. The Bertz CT molecular complexity index is 976. The molecule has 33 heavy (non-hydrogen) atoms. The van der Waals surface area contributed by atoms with E-state index in [1.54, 1.807) is 38.5 Å². The molecule has 8 heteroatoms. The van der Waals surface area contributed by atoms with Gasteiger partial charge in [0.2, 0.25) is 0 Å². The molecule has 0 bridgehead atoms. The first-order chi connectivity index (χ1) is 16.1. The van der Waals surface area contributed by atoms with Crippen molar-refractivity contribution in [3.05, 3.63) is 42.0 Å². The maximum absolute atomic E-state index is 13.4. The van der Waals surface area contributed by atoms with Gasteiger partial charge in [-0.05, 0) is 50.3 Å². The number of hydrogen-bond donors (Lipinski definition) is 2. The Hall–Kier alpha value is -3.42. The zero-order valence-corrected chi connectivity index (χ0v) is 19.4. The molecular formula is C25H32N4O4. The van der Waals surface area contributed by atoms with Crippen LogP contribution in [0.25, 0.3) is 0 Å². The van der Waals surface area contributed by atoms with Crippen molar-refractivity contribution in [3.8, 4) is 11.5 Å². The molecule has 0 unspecified atom stereocenters. The number of nitrogens with zero attached hydrogens (tertiary/aromatic N) is 2. The molecule has 3 amide bonds. The number of rotatable bonds is 6. The molecule has 0 spiro atoms. The molecule has 4 rings (SSSR count). The minimum atomic E-state index is -0.407. The Balaban J connectivity index is 1.54. The van der Waals surface area contributed by atoms with Gasteiger partial charge in [0.25, 0.3) is 5.91 Å². The van der Waals surface area contributed by atoms with Crippen molar-refractivity contribution < 1.29 is 19.1 Å². The number of hydrogen-bond acceptors (Lipinski definition) is 5. The zero-order chi connectivity index (χ0) is 23.2. The highest BCUT2D eigenvalue weighted by Crippen LogP contribution is 2.30. The molecule has 8 nitrogen and oxygen atoms in total. The van der Waals surface area contributed by atoms with E-state index in [4.69, 9.17) is 9.47 Å². The van der Waals surface area contributed by atoms with Gasteiger partial charge in [-0.3, -0.25) is 4.79 Å². The molecule has 2 aromatic rings. The lowest BCUT2D eigenvalue weighted by Crippen LogP contribution is -2.36. The summed E-state index contributed by atoms with van der Waals surface area (Å²) < 4.78 is 10.5. The summed E-state index contributed by atoms with van der Waals surface area (Å²) in [6, 6.07) is 10.4. The predicted molar refractivity (Wildman–Crippen MR) is 130 cm³/mol. The average Bonchev–Trinajstić information content (AvgIpc) is 3.38. The van der Waals surface area contributed by atoms with Gasteiger partial charge in [0.05, 0.1) is 19.8 Å². The lowest BCUT2D eigenvalue weighted by molar-refractivity contribution is 0.0725. The Morgan fingerprint density at radius 3 is 2.00 bits per heavy atom. The molecule has 0 atom stereocenters. The predicted octanol–water partition coefficient (Wildman–Crippen LogP) is 4.57. The zero-order valence-electron chi connectivity index (χ0n) is 19.4. The van der Waals surface area contributed by atoms with Gasteiger partial charge in [-0.2, -0.15) is 0 Å². The molecule has 0 saturated carbocycles. The monoisotopic (exact) mass is 452 g/mol. The van der Waals surface area contributed by atoms with E-state index in [0.717, 1.165) is 57.5 Å². The normalized spacial score (nSPS) is 15.8. The van der Waals surface area contributed by atoms with Crippen LogP contribution in [0.5, 0.6) is 11.5 Å². The molecule has 2 saturated heterocycles. The minimum Gasteiger partial charge on any atom is -0.497 e. The van der Waals surface area contributed by atoms with Crippen molar-refractivity contribution in [3.63, 3.8) is 0 Å². The lowest BCUT2D eigenvalue weighted by Gasteiger charge is -2.29. The van der Waals surface area contributed by atoms with Gasteiger partial charge in [-0.25, -0.2) is 4.79 Å². The first kappa shape index (κ1) is 22.8. The van der Waals surface area contributed by atoms with Crippen LogP contribution < -0.4 is 25.0 Å². The van der Waals surface area contributed by atoms with Crippen LogP contribution in [0.3, 0.4) is 0 Å². The first-order valence-electron chi connectivity index (χ1n) is 11.6. The molecule has 2 aliphatic rings. The van der Waals surface area contributed by atoms with Gasteiger partial charge in [0.1, 0.15) is 11.5 Å². The van der Waals surface area contributed by atoms with Crippen LogP contribution in [0.15, 0.2) is 36.4 Å². The summed E-state index contributed by atoms with van der Waals surface area (Å²) in [6.07, 6.45) is 5.50. The van der Waals surface area contributed by atoms with Gasteiger partial charge in [-0.1, -0.05) is 0 Å². The maximum atomic E-state index is 13.4. The van der Waals surface area contributed by atoms with E-state index in [0.29, 0.717) is 28.4 Å². The summed E-state index contributed by atoms with van der Waals surface area (Å²) in [5.41, 5.74) is 2.72. The smallest absolute Gasteiger partial charge is 0.323 e. The molecule has 2 heterocycles. The fourth-order valence-corrected chi connectivity index (χ4v) is 4.46. The van der Waals surface area contributed by atoms with Crippen LogP contribution in [0.4, 0.5) is 21.9 Å². The van der Waals surface area contributed by atoms with Gasteiger partial charge >= 0.3 is 6.03 Å². The van der Waals surface area contributed by atoms with Crippen LogP contribution in [0, 0.1) is 0 Å². The number of amides is 3. The summed E-state index contributed by atoms with van der Waals surface area (Å²) in [7, 11) is 3.11. The van der Waals surface area contributed by atoms with Crippen molar-refractivity contribution in [2.75, 3.05) is 55.9 Å². The second kappa shape index (κ2) is 10.5. The largest absolute Gasteiger partial charge is 0.497 e. The van der Waals surface area contributed by atoms with E-state index in [2.05, 4.69) is 15.5 Å². The van der Waals surface area contributed by atoms with Crippen LogP contribution >= 0.6 is 0 Å². The van der Waals surface area contributed by atoms with Crippen molar-refractivity contribution in [1.82, 2.24) is 4.90 Å². The van der Waals surface area contributed by atoms with Crippen LogP contribution in [0.2, 0.25) is 0 Å². The Morgan fingerprint density at radius 2 is 1.36 bits per heavy atom. The van der Waals surface area contributed by atoms with Crippen LogP contribution in [-0.2, 0) is 0 Å². The molecule has 0 aromatic heterocycles. The number of urea groups is 1. The Labute approximate surface area is 194 Å². The fraction of sp³-hybridized carbons (Fsp3) is 0.440. The molecule has 2 fully saturated rings. The van der Waals surface area contributed by atoms with E-state index in [1.807, 2.05) is 17.0 Å². The average molecular weight is 453 g/mol. The van der Waals surface area contributed by atoms with Crippen LogP contribution in [0.1, 0.15) is 42.5 Å². The Morgan fingerprint density at radius 1 is 0.758 bits per heavy atom. The highest BCUT2D eigenvalue weighted by atomic mass is 16.5. The first-order valence-corrected chi connectivity index (χ1v) is 11.6. The Kier molecular flexibility index (Phi) is 7.22. The van der Waals surface area contributed by atoms with Crippen molar-refractivity contribution in [2.45, 2.75) is 32.1 Å². The molecule has 176 valence electrons. The number of nitrogens with one attached hydrogen (secondary N) is 2. The minimum absolute atomic E-state index is 0.0400. The number of anilines is 3. The van der Waals surface area contributed by atoms with Gasteiger partial charge in [-0.15, -0.1) is 0 Å². The number of likely N-dealkylation sites (tertiary alicyclic amines) is 1. The summed E-state index contributed by atoms with van der Waals surface area (Å²) >= 11 is 0. The third-order valence-corrected chi connectivity index (χ3v) is 6.18. The standard InChI is InChI=1S/C25H32N4O4/c1-32-20-14-19(15-21(17-20)33-2)27-25(31)26-18-8-9-23(28-10-6-7-11-28)22(16-18)24(30)29-12-4-3-5-13-29/h8-9,14-17H,3-7,10-13H2,1-2H3,(H2,26,27,31). The second-order valence-corrected chi connectivity index (χ2v) is 8.46. The van der Waals surface area contributed by atoms with E-state index < -0.39 is 6.03 Å². The number of carbonyl (C=O) groups is 2. The van der Waals surface area contributed by atoms with E-state index >= 15 is 0 Å². The summed E-state index contributed by atoms with van der Waals surface area (Å²) in [6.45, 7) is 3.47. The summed E-state index contributed by atoms with van der Waals surface area (Å²) in [5.74, 6) is 1.20. The van der Waals surface area contributed by atoms with E-state index in [1.165, 1.54) is 6.42 Å². The maximum Gasteiger partial charge on any atom is 0.323 e. The topological polar surface area (TPSA) is 83.1 Å². The highest BCUT2D eigenvalue weighted by Gasteiger charge is 2.25. The van der Waals surface area contributed by atoms with Crippen LogP contribution in [-0.4, -0.2) is 57.2 Å². The van der Waals surface area contributed by atoms with Gasteiger partial charge in [0, 0.05) is 61.4 Å². The third-order valence-electron chi connectivity index (χ3n) is 6.18. The van der Waals surface area contributed by atoms with E-state index in [-0.39, 0.29) is 5.91 Å². The molecule has 0 aliphatic carbocycles. The number of carbonyl (C=O) groups excluding carboxylic acids is 2. The number of methoxy groups -OCH3 is 2. The number of piperidine rings is 1. The van der Waals surface area contributed by atoms with Gasteiger partial charge < -0.3 is 29.9 Å². The quantitative estimate of drug-likeness (QED) is 0.671. The second-order valence-electron chi connectivity index (χ2n) is 8.46. The number of benzene rings is 2. The van der Waals surface area contributed by atoms with Crippen molar-refractivity contribution in [1.29, 1.82) is 0 Å². The molecule has 0 radical (unpaired) electrons. The fourth-order valence-electron chi connectivity index (χ4n) is 4.46. The summed E-state index contributed by atoms with van der Waals surface area (Å²) in [4.78, 5) is 30.3. The van der Waals surface area contributed by atoms with Crippen molar-refractivity contribution >= 4 is 29.0 Å². The molecule has 2 aromatic carbocycles. The van der Waals surface area contributed by atoms with Gasteiger partial charge in [0.15, 0.2) is 0 Å². The highest BCUT2D eigenvalue weighted by molar-refractivity contribution is 6.04.